The summed E-state index contributed by atoms with van der Waals surface area (Å²) in [7, 11) is 0. The first kappa shape index (κ1) is 14.3. The summed E-state index contributed by atoms with van der Waals surface area (Å²) in [6.07, 6.45) is 11.3. The van der Waals surface area contributed by atoms with E-state index >= 15 is 0 Å². The van der Waals surface area contributed by atoms with Crippen LogP contribution in [0.5, 0.6) is 0 Å². The molecule has 0 aromatic carbocycles. The lowest BCUT2D eigenvalue weighted by molar-refractivity contribution is 0.480. The van der Waals surface area contributed by atoms with Gasteiger partial charge >= 0.3 is 0 Å². The summed E-state index contributed by atoms with van der Waals surface area (Å²) in [6, 6.07) is 8.96. The van der Waals surface area contributed by atoms with E-state index in [1.54, 1.807) is 0 Å². The molecule has 2 heterocycles. The average Bonchev–Trinajstić information content (AvgIpc) is 3.25. The molecule has 0 aliphatic heterocycles. The molecule has 3 rings (SSSR count). The number of pyridine rings is 1. The molecule has 21 heavy (non-hydrogen) atoms. The highest BCUT2D eigenvalue weighted by atomic mass is 15.0. The second kappa shape index (κ2) is 6.90. The average molecular weight is 283 g/mol. The smallest absolute Gasteiger partial charge is 0.0421 e. The number of nitrogens with zero attached hydrogens (tertiary/aromatic N) is 2. The Morgan fingerprint density at radius 2 is 2.24 bits per heavy atom. The van der Waals surface area contributed by atoms with Crippen LogP contribution >= 0.6 is 0 Å². The topological polar surface area (TPSA) is 29.9 Å². The van der Waals surface area contributed by atoms with Crippen molar-refractivity contribution in [1.29, 1.82) is 0 Å². The van der Waals surface area contributed by atoms with Gasteiger partial charge in [0.1, 0.15) is 0 Å². The number of nitrogens with one attached hydrogen (secondary N) is 1. The van der Waals surface area contributed by atoms with Gasteiger partial charge in [0.2, 0.25) is 0 Å². The van der Waals surface area contributed by atoms with Crippen LogP contribution in [0.2, 0.25) is 0 Å². The van der Waals surface area contributed by atoms with Crippen LogP contribution in [0.3, 0.4) is 0 Å². The van der Waals surface area contributed by atoms with Gasteiger partial charge in [-0.05, 0) is 55.5 Å². The lowest BCUT2D eigenvalue weighted by Gasteiger charge is -2.16. The molecule has 0 radical (unpaired) electrons. The quantitative estimate of drug-likeness (QED) is 0.802. The fraction of sp³-hybridized carbons (Fsp3) is 0.500. The SMILES string of the molecule is CCCNC(c1ccn(CCc2ccccn2)c1)C1CC1. The second-order valence-corrected chi connectivity index (χ2v) is 6.02. The molecule has 2 aromatic rings. The molecule has 3 heteroatoms. The summed E-state index contributed by atoms with van der Waals surface area (Å²) in [6.45, 7) is 4.34. The largest absolute Gasteiger partial charge is 0.354 e. The fourth-order valence-electron chi connectivity index (χ4n) is 2.86. The van der Waals surface area contributed by atoms with Crippen molar-refractivity contribution >= 4 is 0 Å². The molecule has 2 aromatic heterocycles. The molecular formula is C18H25N3. The predicted octanol–water partition coefficient (Wildman–Crippen LogP) is 3.58. The molecular weight excluding hydrogens is 258 g/mol. The Kier molecular flexibility index (Phi) is 4.71. The van der Waals surface area contributed by atoms with Crippen LogP contribution in [0.1, 0.15) is 43.5 Å². The van der Waals surface area contributed by atoms with Crippen LogP contribution < -0.4 is 5.32 Å². The molecule has 0 spiro atoms. The third kappa shape index (κ3) is 3.94. The molecule has 1 atom stereocenters. The van der Waals surface area contributed by atoms with Crippen LogP contribution in [0.15, 0.2) is 42.9 Å². The summed E-state index contributed by atoms with van der Waals surface area (Å²) in [5.74, 6) is 0.850. The van der Waals surface area contributed by atoms with Crippen LogP contribution in [-0.2, 0) is 13.0 Å². The van der Waals surface area contributed by atoms with Gasteiger partial charge in [-0.1, -0.05) is 13.0 Å². The van der Waals surface area contributed by atoms with Crippen LogP contribution in [0, 0.1) is 5.92 Å². The standard InChI is InChI=1S/C18H25N3/c1-2-10-20-18(15-6-7-15)16-8-12-21(14-16)13-9-17-5-3-4-11-19-17/h3-5,8,11-12,14-15,18,20H,2,6-7,9-10,13H2,1H3. The van der Waals surface area contributed by atoms with Gasteiger partial charge in [-0.15, -0.1) is 0 Å². The zero-order valence-electron chi connectivity index (χ0n) is 12.8. The van der Waals surface area contributed by atoms with Gasteiger partial charge in [0.15, 0.2) is 0 Å². The summed E-state index contributed by atoms with van der Waals surface area (Å²) in [5.41, 5.74) is 2.61. The van der Waals surface area contributed by atoms with Gasteiger partial charge in [-0.3, -0.25) is 4.98 Å². The van der Waals surface area contributed by atoms with Crippen molar-refractivity contribution in [1.82, 2.24) is 14.9 Å². The Hall–Kier alpha value is -1.61. The van der Waals surface area contributed by atoms with Gasteiger partial charge in [-0.25, -0.2) is 0 Å². The van der Waals surface area contributed by atoms with Crippen LogP contribution in [0.4, 0.5) is 0 Å². The Bertz CT molecular complexity index is 543. The molecule has 1 aliphatic carbocycles. The Balaban J connectivity index is 1.59. The van der Waals surface area contributed by atoms with Crippen LogP contribution in [-0.4, -0.2) is 16.1 Å². The number of hydrogen-bond acceptors (Lipinski definition) is 2. The maximum Gasteiger partial charge on any atom is 0.0421 e. The number of hydrogen-bond donors (Lipinski definition) is 1. The molecule has 3 nitrogen and oxygen atoms in total. The molecule has 1 saturated carbocycles. The van der Waals surface area contributed by atoms with E-state index in [4.69, 9.17) is 0 Å². The Morgan fingerprint density at radius 3 is 2.95 bits per heavy atom. The molecule has 0 saturated heterocycles. The zero-order valence-corrected chi connectivity index (χ0v) is 12.8. The van der Waals surface area contributed by atoms with Gasteiger partial charge in [0, 0.05) is 43.3 Å². The van der Waals surface area contributed by atoms with E-state index in [9.17, 15) is 0 Å². The highest BCUT2D eigenvalue weighted by molar-refractivity contribution is 5.18. The second-order valence-electron chi connectivity index (χ2n) is 6.02. The van der Waals surface area contributed by atoms with E-state index in [1.165, 1.54) is 24.8 Å². The highest BCUT2D eigenvalue weighted by Gasteiger charge is 2.32. The maximum absolute atomic E-state index is 4.39. The van der Waals surface area contributed by atoms with E-state index in [1.807, 2.05) is 12.3 Å². The number of aromatic nitrogens is 2. The summed E-state index contributed by atoms with van der Waals surface area (Å²) in [5, 5.41) is 3.71. The first-order valence-electron chi connectivity index (χ1n) is 8.16. The van der Waals surface area contributed by atoms with Crippen molar-refractivity contribution in [3.8, 4) is 0 Å². The monoisotopic (exact) mass is 283 g/mol. The Labute approximate surface area is 127 Å². The maximum atomic E-state index is 4.39. The molecule has 1 unspecified atom stereocenters. The van der Waals surface area contributed by atoms with E-state index in [0.717, 1.165) is 31.1 Å². The fourth-order valence-corrected chi connectivity index (χ4v) is 2.86. The normalized spacial score (nSPS) is 16.0. The van der Waals surface area contributed by atoms with Crippen molar-refractivity contribution in [2.75, 3.05) is 6.54 Å². The molecule has 1 aliphatic rings. The van der Waals surface area contributed by atoms with E-state index < -0.39 is 0 Å². The van der Waals surface area contributed by atoms with E-state index in [2.05, 4.69) is 52.4 Å². The highest BCUT2D eigenvalue weighted by Crippen LogP contribution is 2.41. The lowest BCUT2D eigenvalue weighted by Crippen LogP contribution is -2.23. The summed E-state index contributed by atoms with van der Waals surface area (Å²) >= 11 is 0. The van der Waals surface area contributed by atoms with Crippen molar-refractivity contribution in [2.45, 2.75) is 45.2 Å². The summed E-state index contributed by atoms with van der Waals surface area (Å²) in [4.78, 5) is 4.39. The van der Waals surface area contributed by atoms with Gasteiger partial charge in [0.05, 0.1) is 0 Å². The van der Waals surface area contributed by atoms with E-state index in [-0.39, 0.29) is 0 Å². The molecule has 112 valence electrons. The molecule has 1 N–H and O–H groups in total. The third-order valence-corrected chi connectivity index (χ3v) is 4.19. The number of rotatable bonds is 8. The zero-order chi connectivity index (χ0) is 14.5. The van der Waals surface area contributed by atoms with Crippen molar-refractivity contribution in [2.24, 2.45) is 5.92 Å². The van der Waals surface area contributed by atoms with Gasteiger partial charge < -0.3 is 9.88 Å². The third-order valence-electron chi connectivity index (χ3n) is 4.19. The first-order valence-corrected chi connectivity index (χ1v) is 8.16. The van der Waals surface area contributed by atoms with Gasteiger partial charge in [-0.2, -0.15) is 0 Å². The first-order chi connectivity index (χ1) is 10.4. The number of aryl methyl sites for hydroxylation is 2. The molecule has 1 fully saturated rings. The summed E-state index contributed by atoms with van der Waals surface area (Å²) < 4.78 is 2.30. The Morgan fingerprint density at radius 1 is 1.33 bits per heavy atom. The minimum absolute atomic E-state index is 0.557. The van der Waals surface area contributed by atoms with Crippen LogP contribution in [0.25, 0.3) is 0 Å². The van der Waals surface area contributed by atoms with Gasteiger partial charge in [0.25, 0.3) is 0 Å². The minimum Gasteiger partial charge on any atom is -0.354 e. The lowest BCUT2D eigenvalue weighted by atomic mass is 10.1. The van der Waals surface area contributed by atoms with Crippen molar-refractivity contribution in [3.63, 3.8) is 0 Å². The van der Waals surface area contributed by atoms with Crippen molar-refractivity contribution < 1.29 is 0 Å². The molecule has 0 bridgehead atoms. The molecule has 0 amide bonds. The predicted molar refractivity (Wildman–Crippen MR) is 86.1 cm³/mol. The van der Waals surface area contributed by atoms with Crippen molar-refractivity contribution in [3.05, 3.63) is 54.1 Å². The minimum atomic E-state index is 0.557. The van der Waals surface area contributed by atoms with E-state index in [0.29, 0.717) is 6.04 Å².